The lowest BCUT2D eigenvalue weighted by Gasteiger charge is -2.26. The number of non-ortho nitro benzene ring substituents is 1. The van der Waals surface area contributed by atoms with Gasteiger partial charge in [0.15, 0.2) is 0 Å². The molecule has 0 atom stereocenters. The number of anilines is 2. The number of nitro benzene ring substituents is 1. The summed E-state index contributed by atoms with van der Waals surface area (Å²) in [6.45, 7) is 0.891. The van der Waals surface area contributed by atoms with Crippen LogP contribution in [0.15, 0.2) is 53.4 Å². The van der Waals surface area contributed by atoms with E-state index in [4.69, 9.17) is 0 Å². The average molecular weight is 418 g/mol. The maximum absolute atomic E-state index is 12.8. The van der Waals surface area contributed by atoms with E-state index in [-0.39, 0.29) is 17.1 Å². The summed E-state index contributed by atoms with van der Waals surface area (Å²) in [6.07, 6.45) is 2.72. The van der Waals surface area contributed by atoms with E-state index in [0.29, 0.717) is 24.5 Å². The Hall–Kier alpha value is -2.98. The molecule has 0 aromatic heterocycles. The third kappa shape index (κ3) is 5.30. The zero-order chi connectivity index (χ0) is 20.9. The fourth-order valence-corrected chi connectivity index (χ4v) is 4.67. The Morgan fingerprint density at radius 2 is 1.72 bits per heavy atom. The summed E-state index contributed by atoms with van der Waals surface area (Å²) in [6, 6.07) is 12.0. The van der Waals surface area contributed by atoms with E-state index >= 15 is 0 Å². The summed E-state index contributed by atoms with van der Waals surface area (Å²) >= 11 is 0. The maximum Gasteiger partial charge on any atom is 0.271 e. The number of hydrogen-bond donors (Lipinski definition) is 2. The molecule has 1 heterocycles. The second-order valence-electron chi connectivity index (χ2n) is 6.70. The molecule has 1 aliphatic rings. The lowest BCUT2D eigenvalue weighted by Crippen LogP contribution is -2.35. The van der Waals surface area contributed by atoms with Crippen LogP contribution in [0.25, 0.3) is 0 Å². The highest BCUT2D eigenvalue weighted by Crippen LogP contribution is 2.23. The highest BCUT2D eigenvalue weighted by atomic mass is 32.2. The lowest BCUT2D eigenvalue weighted by atomic mass is 10.2. The minimum Gasteiger partial charge on any atom is -0.376 e. The number of sulfonamides is 1. The maximum atomic E-state index is 12.8. The molecule has 0 aliphatic carbocycles. The number of hydrogen-bond acceptors (Lipinski definition) is 6. The molecule has 3 rings (SSSR count). The van der Waals surface area contributed by atoms with Crippen molar-refractivity contribution in [2.75, 3.05) is 30.3 Å². The van der Waals surface area contributed by atoms with E-state index in [2.05, 4.69) is 10.6 Å². The molecule has 2 N–H and O–H groups in total. The van der Waals surface area contributed by atoms with Gasteiger partial charge in [0.05, 0.1) is 16.4 Å². The highest BCUT2D eigenvalue weighted by Gasteiger charge is 2.26. The van der Waals surface area contributed by atoms with E-state index in [0.717, 1.165) is 19.3 Å². The number of benzene rings is 2. The molecule has 10 heteroatoms. The molecule has 29 heavy (non-hydrogen) atoms. The van der Waals surface area contributed by atoms with Gasteiger partial charge in [-0.3, -0.25) is 14.9 Å². The van der Waals surface area contributed by atoms with Crippen molar-refractivity contribution in [3.8, 4) is 0 Å². The van der Waals surface area contributed by atoms with Gasteiger partial charge in [-0.25, -0.2) is 8.42 Å². The van der Waals surface area contributed by atoms with Crippen LogP contribution in [0.2, 0.25) is 0 Å². The molecule has 0 radical (unpaired) electrons. The van der Waals surface area contributed by atoms with Crippen molar-refractivity contribution in [3.05, 3.63) is 58.6 Å². The fraction of sp³-hybridized carbons (Fsp3) is 0.316. The summed E-state index contributed by atoms with van der Waals surface area (Å²) in [5.74, 6) is -0.399. The molecule has 1 aliphatic heterocycles. The summed E-state index contributed by atoms with van der Waals surface area (Å²) < 4.78 is 27.0. The SMILES string of the molecule is O=C(CNc1cccc([N+](=O)[O-])c1)Nc1cccc(S(=O)(=O)N2CCCCC2)c1. The Bertz CT molecular complexity index is 1000. The van der Waals surface area contributed by atoms with E-state index in [1.165, 1.54) is 34.6 Å². The van der Waals surface area contributed by atoms with E-state index in [1.54, 1.807) is 18.2 Å². The molecule has 0 spiro atoms. The van der Waals surface area contributed by atoms with Crippen LogP contribution in [0.5, 0.6) is 0 Å². The van der Waals surface area contributed by atoms with Gasteiger partial charge in [-0.2, -0.15) is 4.31 Å². The number of nitro groups is 1. The third-order valence-corrected chi connectivity index (χ3v) is 6.48. The number of rotatable bonds is 7. The monoisotopic (exact) mass is 418 g/mol. The molecular formula is C19H22N4O5S. The lowest BCUT2D eigenvalue weighted by molar-refractivity contribution is -0.384. The van der Waals surface area contributed by atoms with Crippen LogP contribution >= 0.6 is 0 Å². The molecule has 9 nitrogen and oxygen atoms in total. The predicted octanol–water partition coefficient (Wildman–Crippen LogP) is 2.82. The van der Waals surface area contributed by atoms with E-state index in [9.17, 15) is 23.3 Å². The summed E-state index contributed by atoms with van der Waals surface area (Å²) in [7, 11) is -3.59. The molecule has 1 amide bonds. The van der Waals surface area contributed by atoms with Crippen LogP contribution in [-0.4, -0.2) is 43.2 Å². The van der Waals surface area contributed by atoms with E-state index in [1.807, 2.05) is 0 Å². The number of carbonyl (C=O) groups excluding carboxylic acids is 1. The largest absolute Gasteiger partial charge is 0.376 e. The Morgan fingerprint density at radius 3 is 2.45 bits per heavy atom. The van der Waals surface area contributed by atoms with Crippen molar-refractivity contribution in [2.45, 2.75) is 24.2 Å². The molecule has 2 aromatic rings. The van der Waals surface area contributed by atoms with Gasteiger partial charge in [0, 0.05) is 36.6 Å². The zero-order valence-electron chi connectivity index (χ0n) is 15.7. The van der Waals surface area contributed by atoms with Gasteiger partial charge in [-0.15, -0.1) is 0 Å². The van der Waals surface area contributed by atoms with Gasteiger partial charge in [-0.05, 0) is 37.1 Å². The molecular weight excluding hydrogens is 396 g/mol. The van der Waals surface area contributed by atoms with Gasteiger partial charge in [-0.1, -0.05) is 18.6 Å². The number of amides is 1. The van der Waals surface area contributed by atoms with Crippen molar-refractivity contribution in [2.24, 2.45) is 0 Å². The first-order chi connectivity index (χ1) is 13.9. The molecule has 154 valence electrons. The van der Waals surface area contributed by atoms with Gasteiger partial charge in [0.25, 0.3) is 5.69 Å². The second-order valence-corrected chi connectivity index (χ2v) is 8.64. The highest BCUT2D eigenvalue weighted by molar-refractivity contribution is 7.89. The average Bonchev–Trinajstić information content (AvgIpc) is 2.73. The number of nitrogens with one attached hydrogen (secondary N) is 2. The summed E-state index contributed by atoms with van der Waals surface area (Å²) in [4.78, 5) is 22.6. The van der Waals surface area contributed by atoms with Crippen LogP contribution in [0, 0.1) is 10.1 Å². The predicted molar refractivity (Wildman–Crippen MR) is 109 cm³/mol. The number of nitrogens with zero attached hydrogens (tertiary/aromatic N) is 2. The van der Waals surface area contributed by atoms with Gasteiger partial charge in [0.1, 0.15) is 0 Å². The van der Waals surface area contributed by atoms with Crippen LogP contribution in [-0.2, 0) is 14.8 Å². The Morgan fingerprint density at radius 1 is 1.03 bits per heavy atom. The molecule has 2 aromatic carbocycles. The summed E-state index contributed by atoms with van der Waals surface area (Å²) in [5.41, 5.74) is 0.732. The van der Waals surface area contributed by atoms with Crippen LogP contribution in [0.4, 0.5) is 17.1 Å². The van der Waals surface area contributed by atoms with Crippen LogP contribution < -0.4 is 10.6 Å². The molecule has 0 unspecified atom stereocenters. The van der Waals surface area contributed by atoms with Crippen molar-refractivity contribution in [3.63, 3.8) is 0 Å². The first-order valence-electron chi connectivity index (χ1n) is 9.25. The fourth-order valence-electron chi connectivity index (χ4n) is 3.11. The third-order valence-electron chi connectivity index (χ3n) is 4.58. The molecule has 1 saturated heterocycles. The number of carbonyl (C=O) groups is 1. The van der Waals surface area contributed by atoms with Crippen molar-refractivity contribution in [1.82, 2.24) is 4.31 Å². The minimum absolute atomic E-state index is 0.0778. The van der Waals surface area contributed by atoms with Crippen molar-refractivity contribution < 1.29 is 18.1 Å². The van der Waals surface area contributed by atoms with Crippen LogP contribution in [0.3, 0.4) is 0 Å². The standard InChI is InChI=1S/C19H22N4O5S/c24-19(14-20-15-6-4-8-17(12-15)23(25)26)21-16-7-5-9-18(13-16)29(27,28)22-10-2-1-3-11-22/h4-9,12-13,20H,1-3,10-11,14H2,(H,21,24). The normalized spacial score (nSPS) is 14.9. The number of piperidine rings is 1. The summed E-state index contributed by atoms with van der Waals surface area (Å²) in [5, 5.41) is 16.3. The van der Waals surface area contributed by atoms with Crippen molar-refractivity contribution in [1.29, 1.82) is 0 Å². The van der Waals surface area contributed by atoms with Crippen LogP contribution in [0.1, 0.15) is 19.3 Å². The Balaban J connectivity index is 1.63. The Labute approximate surface area is 168 Å². The minimum atomic E-state index is -3.59. The molecule has 1 fully saturated rings. The molecule has 0 saturated carbocycles. The first kappa shape index (κ1) is 20.7. The zero-order valence-corrected chi connectivity index (χ0v) is 16.5. The smallest absolute Gasteiger partial charge is 0.271 e. The van der Waals surface area contributed by atoms with E-state index < -0.39 is 20.9 Å². The first-order valence-corrected chi connectivity index (χ1v) is 10.7. The van der Waals surface area contributed by atoms with Gasteiger partial charge >= 0.3 is 0 Å². The topological polar surface area (TPSA) is 122 Å². The molecule has 0 bridgehead atoms. The van der Waals surface area contributed by atoms with Gasteiger partial charge < -0.3 is 10.6 Å². The van der Waals surface area contributed by atoms with Crippen molar-refractivity contribution >= 4 is 33.0 Å². The Kier molecular flexibility index (Phi) is 6.45. The quantitative estimate of drug-likeness (QED) is 0.527. The van der Waals surface area contributed by atoms with Gasteiger partial charge in [0.2, 0.25) is 15.9 Å². The second kappa shape index (κ2) is 9.01.